The molecule has 100 valence electrons. The number of benzene rings is 1. The lowest BCUT2D eigenvalue weighted by Gasteiger charge is -2.05. The highest BCUT2D eigenvalue weighted by Crippen LogP contribution is 2.20. The van der Waals surface area contributed by atoms with Gasteiger partial charge in [-0.15, -0.1) is 0 Å². The number of nitrogens with zero attached hydrogens (tertiary/aromatic N) is 1. The van der Waals surface area contributed by atoms with Crippen molar-refractivity contribution >= 4 is 23.4 Å². The summed E-state index contributed by atoms with van der Waals surface area (Å²) in [5.74, 6) is 0.858. The Labute approximate surface area is 115 Å². The van der Waals surface area contributed by atoms with Crippen LogP contribution in [0.25, 0.3) is 0 Å². The third-order valence-electron chi connectivity index (χ3n) is 2.69. The van der Waals surface area contributed by atoms with E-state index in [2.05, 4.69) is 4.99 Å². The molecule has 1 aromatic carbocycles. The van der Waals surface area contributed by atoms with Crippen LogP contribution in [0.4, 0.5) is 0 Å². The van der Waals surface area contributed by atoms with Crippen LogP contribution in [0.15, 0.2) is 52.7 Å². The molecule has 2 rings (SSSR count). The van der Waals surface area contributed by atoms with Gasteiger partial charge in [0.25, 0.3) is 0 Å². The van der Waals surface area contributed by atoms with Crippen LogP contribution in [0, 0.1) is 0 Å². The minimum atomic E-state index is -0.473. The van der Waals surface area contributed by atoms with Crippen molar-refractivity contribution in [3.8, 4) is 0 Å². The number of esters is 1. The number of Topliss-reactive ketones (excluding diaryl/α,β-unsaturated/α-hetero) is 1. The Morgan fingerprint density at radius 2 is 1.95 bits per heavy atom. The summed E-state index contributed by atoms with van der Waals surface area (Å²) < 4.78 is 4.80. The van der Waals surface area contributed by atoms with Gasteiger partial charge in [0.05, 0.1) is 5.57 Å². The second-order valence-corrected chi connectivity index (χ2v) is 4.08. The summed E-state index contributed by atoms with van der Waals surface area (Å²) in [4.78, 5) is 38.0. The smallest absolute Gasteiger partial charge is 0.302 e. The van der Waals surface area contributed by atoms with E-state index in [-0.39, 0.29) is 23.7 Å². The number of carbonyl (C=O) groups excluding carboxylic acids is 3. The SMILES string of the molecule is CC(=O)OCC1=CN=C(C(=O)c2ccccc2)C1=C=O. The Morgan fingerprint density at radius 3 is 2.55 bits per heavy atom. The molecule has 0 bridgehead atoms. The highest BCUT2D eigenvalue weighted by atomic mass is 16.5. The molecule has 5 nitrogen and oxygen atoms in total. The van der Waals surface area contributed by atoms with Gasteiger partial charge in [0.15, 0.2) is 0 Å². The van der Waals surface area contributed by atoms with Gasteiger partial charge in [-0.05, 0) is 0 Å². The monoisotopic (exact) mass is 269 g/mol. The van der Waals surface area contributed by atoms with Crippen LogP contribution in [0.2, 0.25) is 0 Å². The molecule has 0 aromatic heterocycles. The average molecular weight is 269 g/mol. The lowest BCUT2D eigenvalue weighted by Crippen LogP contribution is -2.17. The molecule has 5 heteroatoms. The third kappa shape index (κ3) is 2.79. The number of aliphatic imine (C=N–C) groups is 1. The van der Waals surface area contributed by atoms with Gasteiger partial charge < -0.3 is 4.74 Å². The molecule has 0 saturated heterocycles. The van der Waals surface area contributed by atoms with E-state index < -0.39 is 5.97 Å². The topological polar surface area (TPSA) is 72.8 Å². The number of carbonyl (C=O) groups is 2. The van der Waals surface area contributed by atoms with E-state index in [9.17, 15) is 14.4 Å². The first-order chi connectivity index (χ1) is 9.63. The molecular formula is C15H11NO4. The Hall–Kier alpha value is -2.78. The van der Waals surface area contributed by atoms with E-state index in [0.717, 1.165) is 0 Å². The molecule has 0 fully saturated rings. The highest BCUT2D eigenvalue weighted by molar-refractivity contribution is 6.54. The summed E-state index contributed by atoms with van der Waals surface area (Å²) >= 11 is 0. The normalized spacial score (nSPS) is 13.3. The van der Waals surface area contributed by atoms with Crippen molar-refractivity contribution in [2.75, 3.05) is 6.61 Å². The van der Waals surface area contributed by atoms with Crippen LogP contribution in [-0.4, -0.2) is 30.0 Å². The van der Waals surface area contributed by atoms with E-state index in [1.54, 1.807) is 36.3 Å². The van der Waals surface area contributed by atoms with Crippen LogP contribution in [0.5, 0.6) is 0 Å². The van der Waals surface area contributed by atoms with E-state index >= 15 is 0 Å². The second-order valence-electron chi connectivity index (χ2n) is 4.08. The van der Waals surface area contributed by atoms with Crippen molar-refractivity contribution in [2.45, 2.75) is 6.92 Å². The van der Waals surface area contributed by atoms with Crippen molar-refractivity contribution < 1.29 is 19.1 Å². The van der Waals surface area contributed by atoms with Gasteiger partial charge in [-0.2, -0.15) is 0 Å². The number of ketones is 1. The summed E-state index contributed by atoms with van der Waals surface area (Å²) in [6.07, 6.45) is 1.35. The van der Waals surface area contributed by atoms with Crippen LogP contribution in [-0.2, 0) is 14.3 Å². The fourth-order valence-corrected chi connectivity index (χ4v) is 1.72. The van der Waals surface area contributed by atoms with Gasteiger partial charge in [0.2, 0.25) is 5.78 Å². The van der Waals surface area contributed by atoms with Crippen molar-refractivity contribution in [1.82, 2.24) is 0 Å². The molecule has 0 N–H and O–H groups in total. The molecule has 1 aliphatic heterocycles. The molecule has 0 unspecified atom stereocenters. The highest BCUT2D eigenvalue weighted by Gasteiger charge is 2.26. The molecular weight excluding hydrogens is 258 g/mol. The largest absolute Gasteiger partial charge is 0.461 e. The molecule has 0 aliphatic carbocycles. The van der Waals surface area contributed by atoms with Crippen molar-refractivity contribution in [3.05, 3.63) is 53.2 Å². The van der Waals surface area contributed by atoms with Crippen molar-refractivity contribution in [3.63, 3.8) is 0 Å². The maximum atomic E-state index is 12.2. The second kappa shape index (κ2) is 5.91. The summed E-state index contributed by atoms with van der Waals surface area (Å²) in [6, 6.07) is 8.50. The van der Waals surface area contributed by atoms with Crippen molar-refractivity contribution in [1.29, 1.82) is 0 Å². The zero-order chi connectivity index (χ0) is 14.5. The molecule has 1 aliphatic rings. The van der Waals surface area contributed by atoms with Crippen LogP contribution >= 0.6 is 0 Å². The minimum Gasteiger partial charge on any atom is -0.461 e. The number of rotatable bonds is 4. The fraction of sp³-hybridized carbons (Fsp3) is 0.133. The lowest BCUT2D eigenvalue weighted by molar-refractivity contribution is -0.139. The molecule has 0 amide bonds. The van der Waals surface area contributed by atoms with Gasteiger partial charge in [-0.25, -0.2) is 4.79 Å². The van der Waals surface area contributed by atoms with Crippen LogP contribution in [0.3, 0.4) is 0 Å². The van der Waals surface area contributed by atoms with Gasteiger partial charge in [0, 0.05) is 24.3 Å². The Balaban J connectivity index is 2.19. The first-order valence-corrected chi connectivity index (χ1v) is 5.89. The van der Waals surface area contributed by atoms with E-state index in [1.165, 1.54) is 13.1 Å². The molecule has 1 heterocycles. The number of hydrogen-bond donors (Lipinski definition) is 0. The molecule has 0 radical (unpaired) electrons. The van der Waals surface area contributed by atoms with E-state index in [0.29, 0.717) is 11.1 Å². The average Bonchev–Trinajstić information content (AvgIpc) is 2.88. The standard InChI is InChI=1S/C15H11NO4/c1-10(18)20-9-12-7-16-14(13(12)8-17)15(19)11-5-3-2-4-6-11/h2-7H,9H2,1H3. The van der Waals surface area contributed by atoms with E-state index in [4.69, 9.17) is 4.74 Å². The third-order valence-corrected chi connectivity index (χ3v) is 2.69. The first kappa shape index (κ1) is 13.6. The molecule has 20 heavy (non-hydrogen) atoms. The number of ether oxygens (including phenoxy) is 1. The van der Waals surface area contributed by atoms with Crippen LogP contribution in [0.1, 0.15) is 17.3 Å². The summed E-state index contributed by atoms with van der Waals surface area (Å²) in [6.45, 7) is 1.16. The van der Waals surface area contributed by atoms with E-state index in [1.807, 2.05) is 0 Å². The lowest BCUT2D eigenvalue weighted by atomic mass is 9.99. The zero-order valence-electron chi connectivity index (χ0n) is 10.8. The predicted octanol–water partition coefficient (Wildman–Crippen LogP) is 1.53. The quantitative estimate of drug-likeness (QED) is 0.472. The molecule has 1 aromatic rings. The minimum absolute atomic E-state index is 0.0216. The van der Waals surface area contributed by atoms with Gasteiger partial charge in [0.1, 0.15) is 18.3 Å². The van der Waals surface area contributed by atoms with Gasteiger partial charge >= 0.3 is 5.97 Å². The maximum Gasteiger partial charge on any atom is 0.302 e. The molecule has 0 saturated carbocycles. The maximum absolute atomic E-state index is 12.2. The Kier molecular flexibility index (Phi) is 4.03. The summed E-state index contributed by atoms with van der Waals surface area (Å²) in [5, 5.41) is 0. The van der Waals surface area contributed by atoms with Crippen LogP contribution < -0.4 is 0 Å². The predicted molar refractivity (Wildman–Crippen MR) is 72.1 cm³/mol. The molecule has 0 atom stereocenters. The van der Waals surface area contributed by atoms with Crippen molar-refractivity contribution in [2.24, 2.45) is 4.99 Å². The summed E-state index contributed by atoms with van der Waals surface area (Å²) in [7, 11) is 0. The molecule has 0 spiro atoms. The Morgan fingerprint density at radius 1 is 1.25 bits per heavy atom. The van der Waals surface area contributed by atoms with Gasteiger partial charge in [-0.3, -0.25) is 14.6 Å². The zero-order valence-corrected chi connectivity index (χ0v) is 10.8. The number of hydrogen-bond acceptors (Lipinski definition) is 5. The van der Waals surface area contributed by atoms with Gasteiger partial charge in [-0.1, -0.05) is 30.3 Å². The fourth-order valence-electron chi connectivity index (χ4n) is 1.72. The first-order valence-electron chi connectivity index (χ1n) is 5.89. The Bertz CT molecular complexity index is 664. The summed E-state index contributed by atoms with van der Waals surface area (Å²) in [5.41, 5.74) is 0.865.